The van der Waals surface area contributed by atoms with Crippen molar-refractivity contribution in [1.29, 1.82) is 0 Å². The fourth-order valence-corrected chi connectivity index (χ4v) is 2.50. The third kappa shape index (κ3) is 4.15. The third-order valence-corrected chi connectivity index (χ3v) is 3.65. The molecule has 0 bridgehead atoms. The first-order valence-electron chi connectivity index (χ1n) is 6.63. The quantitative estimate of drug-likeness (QED) is 0.681. The van der Waals surface area contributed by atoms with Crippen molar-refractivity contribution in [2.45, 2.75) is 72.3 Å². The molecule has 2 heteroatoms. The van der Waals surface area contributed by atoms with Crippen molar-refractivity contribution in [3.05, 3.63) is 0 Å². The van der Waals surface area contributed by atoms with Crippen LogP contribution in [-0.4, -0.2) is 12.1 Å². The Morgan fingerprint density at radius 3 is 2.19 bits per heavy atom. The highest BCUT2D eigenvalue weighted by molar-refractivity contribution is 5.69. The summed E-state index contributed by atoms with van der Waals surface area (Å²) in [5.41, 5.74) is 0.401. The minimum absolute atomic E-state index is 0.0123. The smallest absolute Gasteiger partial charge is 0.306 e. The highest BCUT2D eigenvalue weighted by Crippen LogP contribution is 2.38. The van der Waals surface area contributed by atoms with Crippen molar-refractivity contribution in [3.63, 3.8) is 0 Å². The maximum atomic E-state index is 11.4. The number of esters is 1. The van der Waals surface area contributed by atoms with E-state index < -0.39 is 0 Å². The molecule has 1 aliphatic rings. The molecule has 0 heterocycles. The number of ether oxygens (including phenoxy) is 1. The number of carbonyl (C=O) groups excluding carboxylic acids is 1. The van der Waals surface area contributed by atoms with Crippen molar-refractivity contribution in [2.24, 2.45) is 11.3 Å². The minimum atomic E-state index is -0.0123. The molecule has 0 aromatic rings. The maximum Gasteiger partial charge on any atom is 0.306 e. The monoisotopic (exact) mass is 226 g/mol. The summed E-state index contributed by atoms with van der Waals surface area (Å²) in [6.07, 6.45) is 6.16. The van der Waals surface area contributed by atoms with Crippen molar-refractivity contribution in [1.82, 2.24) is 0 Å². The summed E-state index contributed by atoms with van der Waals surface area (Å²) >= 11 is 0. The van der Waals surface area contributed by atoms with Crippen molar-refractivity contribution >= 4 is 5.97 Å². The maximum absolute atomic E-state index is 11.4. The van der Waals surface area contributed by atoms with Crippen LogP contribution in [0.2, 0.25) is 0 Å². The Morgan fingerprint density at radius 2 is 1.75 bits per heavy atom. The van der Waals surface area contributed by atoms with Gasteiger partial charge >= 0.3 is 5.97 Å². The summed E-state index contributed by atoms with van der Waals surface area (Å²) < 4.78 is 5.45. The van der Waals surface area contributed by atoms with Gasteiger partial charge in [0.1, 0.15) is 6.10 Å². The standard InChI is InChI=1S/C14H26O2/c1-5-6-13(15)16-12-9-7-11(8-10-12)14(2,3)4/h11-12H,5-10H2,1-4H3. The minimum Gasteiger partial charge on any atom is -0.462 e. The second kappa shape index (κ2) is 5.70. The lowest BCUT2D eigenvalue weighted by Gasteiger charge is -2.36. The molecule has 0 N–H and O–H groups in total. The molecule has 1 rings (SSSR count). The van der Waals surface area contributed by atoms with Gasteiger partial charge in [0, 0.05) is 6.42 Å². The average molecular weight is 226 g/mol. The van der Waals surface area contributed by atoms with E-state index in [1.54, 1.807) is 0 Å². The molecule has 0 aliphatic heterocycles. The molecule has 0 aromatic carbocycles. The summed E-state index contributed by atoms with van der Waals surface area (Å²) in [6.45, 7) is 8.93. The molecule has 0 saturated heterocycles. The molecule has 0 unspecified atom stereocenters. The zero-order chi connectivity index (χ0) is 12.2. The second-order valence-electron chi connectivity index (χ2n) is 6.08. The predicted molar refractivity (Wildman–Crippen MR) is 66.2 cm³/mol. The molecule has 0 spiro atoms. The van der Waals surface area contributed by atoms with Crippen LogP contribution in [0.3, 0.4) is 0 Å². The molecule has 16 heavy (non-hydrogen) atoms. The molecule has 2 nitrogen and oxygen atoms in total. The third-order valence-electron chi connectivity index (χ3n) is 3.65. The first-order valence-corrected chi connectivity index (χ1v) is 6.63. The molecule has 1 fully saturated rings. The van der Waals surface area contributed by atoms with Gasteiger partial charge in [-0.25, -0.2) is 0 Å². The van der Waals surface area contributed by atoms with Gasteiger partial charge in [0.15, 0.2) is 0 Å². The summed E-state index contributed by atoms with van der Waals surface area (Å²) in [4.78, 5) is 11.4. The zero-order valence-corrected chi connectivity index (χ0v) is 11.2. The van der Waals surface area contributed by atoms with Crippen LogP contribution in [0.5, 0.6) is 0 Å². The van der Waals surface area contributed by atoms with Gasteiger partial charge in [0.25, 0.3) is 0 Å². The topological polar surface area (TPSA) is 26.3 Å². The van der Waals surface area contributed by atoms with Crippen molar-refractivity contribution in [2.75, 3.05) is 0 Å². The first-order chi connectivity index (χ1) is 7.43. The molecule has 0 radical (unpaired) electrons. The number of carbonyl (C=O) groups is 1. The van der Waals surface area contributed by atoms with E-state index in [2.05, 4.69) is 20.8 Å². The van der Waals surface area contributed by atoms with E-state index >= 15 is 0 Å². The number of hydrogen-bond acceptors (Lipinski definition) is 2. The van der Waals surface area contributed by atoms with Crippen LogP contribution in [0, 0.1) is 11.3 Å². The average Bonchev–Trinajstić information content (AvgIpc) is 2.17. The summed E-state index contributed by atoms with van der Waals surface area (Å²) in [7, 11) is 0. The zero-order valence-electron chi connectivity index (χ0n) is 11.2. The van der Waals surface area contributed by atoms with Crippen LogP contribution >= 0.6 is 0 Å². The Hall–Kier alpha value is -0.530. The van der Waals surface area contributed by atoms with E-state index in [-0.39, 0.29) is 12.1 Å². The number of hydrogen-bond donors (Lipinski definition) is 0. The molecular formula is C14H26O2. The van der Waals surface area contributed by atoms with Gasteiger partial charge in [-0.3, -0.25) is 4.79 Å². The van der Waals surface area contributed by atoms with E-state index in [9.17, 15) is 4.79 Å². The Morgan fingerprint density at radius 1 is 1.19 bits per heavy atom. The Bertz CT molecular complexity index is 219. The van der Waals surface area contributed by atoms with Gasteiger partial charge in [-0.1, -0.05) is 27.7 Å². The van der Waals surface area contributed by atoms with Gasteiger partial charge < -0.3 is 4.74 Å². The second-order valence-corrected chi connectivity index (χ2v) is 6.08. The van der Waals surface area contributed by atoms with Crippen molar-refractivity contribution < 1.29 is 9.53 Å². The number of rotatable bonds is 3. The molecule has 94 valence electrons. The SMILES string of the molecule is CCCC(=O)OC1CCC(C(C)(C)C)CC1. The molecule has 1 saturated carbocycles. The van der Waals surface area contributed by atoms with Crippen LogP contribution in [0.25, 0.3) is 0 Å². The highest BCUT2D eigenvalue weighted by atomic mass is 16.5. The fraction of sp³-hybridized carbons (Fsp3) is 0.929. The molecule has 1 aliphatic carbocycles. The summed E-state index contributed by atoms with van der Waals surface area (Å²) in [6, 6.07) is 0. The van der Waals surface area contributed by atoms with Crippen LogP contribution < -0.4 is 0 Å². The van der Waals surface area contributed by atoms with Gasteiger partial charge in [0.05, 0.1) is 0 Å². The Balaban J connectivity index is 2.30. The lowest BCUT2D eigenvalue weighted by Crippen LogP contribution is -2.30. The van der Waals surface area contributed by atoms with Gasteiger partial charge in [0.2, 0.25) is 0 Å². The van der Waals surface area contributed by atoms with Crippen LogP contribution in [-0.2, 0) is 9.53 Å². The fourth-order valence-electron chi connectivity index (χ4n) is 2.50. The summed E-state index contributed by atoms with van der Waals surface area (Å²) in [5.74, 6) is 0.773. The van der Waals surface area contributed by atoms with Crippen LogP contribution in [0.15, 0.2) is 0 Å². The molecule has 0 amide bonds. The molecule has 0 atom stereocenters. The van der Waals surface area contributed by atoms with E-state index in [0.29, 0.717) is 11.8 Å². The van der Waals surface area contributed by atoms with E-state index in [1.165, 1.54) is 12.8 Å². The van der Waals surface area contributed by atoms with Gasteiger partial charge in [-0.2, -0.15) is 0 Å². The van der Waals surface area contributed by atoms with E-state index in [1.807, 2.05) is 6.92 Å². The van der Waals surface area contributed by atoms with Crippen LogP contribution in [0.4, 0.5) is 0 Å². The highest BCUT2D eigenvalue weighted by Gasteiger charge is 2.30. The van der Waals surface area contributed by atoms with Crippen molar-refractivity contribution in [3.8, 4) is 0 Å². The summed E-state index contributed by atoms with van der Waals surface area (Å²) in [5, 5.41) is 0. The largest absolute Gasteiger partial charge is 0.462 e. The van der Waals surface area contributed by atoms with Gasteiger partial charge in [-0.05, 0) is 43.4 Å². The Kier molecular flexibility index (Phi) is 4.82. The van der Waals surface area contributed by atoms with E-state index in [4.69, 9.17) is 4.74 Å². The molecular weight excluding hydrogens is 200 g/mol. The predicted octanol–water partition coefficient (Wildman–Crippen LogP) is 3.93. The molecule has 0 aromatic heterocycles. The van der Waals surface area contributed by atoms with Crippen LogP contribution in [0.1, 0.15) is 66.2 Å². The Labute approximate surface area is 99.8 Å². The van der Waals surface area contributed by atoms with Gasteiger partial charge in [-0.15, -0.1) is 0 Å². The normalized spacial score (nSPS) is 26.5. The lowest BCUT2D eigenvalue weighted by molar-refractivity contribution is -0.151. The van der Waals surface area contributed by atoms with E-state index in [0.717, 1.165) is 25.2 Å². The lowest BCUT2D eigenvalue weighted by atomic mass is 9.72. The first kappa shape index (κ1) is 13.5.